The number of aromatic nitrogens is 8. The minimum Gasteiger partial charge on any atom is -0.438 e. The van der Waals surface area contributed by atoms with Crippen LogP contribution in [0.25, 0.3) is 22.3 Å². The van der Waals surface area contributed by atoms with Crippen molar-refractivity contribution in [3.05, 3.63) is 65.2 Å². The molecule has 1 aromatic carbocycles. The van der Waals surface area contributed by atoms with E-state index in [0.717, 1.165) is 13.4 Å². The van der Waals surface area contributed by atoms with E-state index in [9.17, 15) is 43.2 Å². The number of carbonyl (C=O) groups is 3. The molecule has 2 aliphatic rings. The Hall–Kier alpha value is -5.61. The van der Waals surface area contributed by atoms with Gasteiger partial charge in [-0.3, -0.25) is 51.9 Å². The first-order valence-electron chi connectivity index (χ1n) is 20.4. The second-order valence-electron chi connectivity index (χ2n) is 15.4. The van der Waals surface area contributed by atoms with Gasteiger partial charge in [0.15, 0.2) is 40.5 Å². The number of aliphatic hydroxyl groups excluding tert-OH is 1. The lowest BCUT2D eigenvalue weighted by molar-refractivity contribution is -0.118. The smallest absolute Gasteiger partial charge is 0.438 e. The molecule has 28 nitrogen and oxygen atoms in total. The van der Waals surface area contributed by atoms with Gasteiger partial charge in [-0.25, -0.2) is 33.9 Å². The number of likely N-dealkylation sites (N-methyl/N-ethyl adjacent to an activating group) is 2. The molecule has 9 atom stereocenters. The molecule has 0 spiro atoms. The first kappa shape index (κ1) is 49.3. The molecule has 7 N–H and O–H groups in total. The SMILES string of the molecule is CNCCN(C)C(=O)O[C@@H]1[C@H](OP(=O)(O)OC[C@H]2O[C@@H](n3cnc4c(=O)[nH]c(NC(=O)C(C)C)nc43)C[C@@H]2O)[C@@H](COP(=O)(O)OC)O[C@H]1n1cnc2c(NC(=O)c3ccccc3)ncnc21. The predicted molar refractivity (Wildman–Crippen MR) is 230 cm³/mol. The highest BCUT2D eigenvalue weighted by Gasteiger charge is 2.53. The van der Waals surface area contributed by atoms with Crippen LogP contribution < -0.4 is 21.5 Å². The van der Waals surface area contributed by atoms with Crippen LogP contribution in [0.5, 0.6) is 0 Å². The molecule has 3 amide bonds. The van der Waals surface area contributed by atoms with Gasteiger partial charge in [0.25, 0.3) is 11.5 Å². The number of hydrogen-bond donors (Lipinski definition) is 7. The summed E-state index contributed by atoms with van der Waals surface area (Å²) in [5.41, 5.74) is -0.363. The molecule has 2 aliphatic heterocycles. The number of benzene rings is 1. The number of phosphoric ester groups is 2. The highest BCUT2D eigenvalue weighted by atomic mass is 31.2. The minimum atomic E-state index is -5.33. The Labute approximate surface area is 379 Å². The molecule has 0 saturated carbocycles. The van der Waals surface area contributed by atoms with Gasteiger partial charge in [-0.15, -0.1) is 0 Å². The number of ether oxygens (including phenoxy) is 3. The number of amides is 3. The molecule has 67 heavy (non-hydrogen) atoms. The Kier molecular flexibility index (Phi) is 15.2. The van der Waals surface area contributed by atoms with Gasteiger partial charge in [-0.2, -0.15) is 4.98 Å². The van der Waals surface area contributed by atoms with Gasteiger partial charge >= 0.3 is 21.7 Å². The Balaban J connectivity index is 1.15. The number of fused-ring (bicyclic) bond motifs is 2. The molecule has 6 heterocycles. The van der Waals surface area contributed by atoms with Crippen LogP contribution in [0.3, 0.4) is 0 Å². The lowest BCUT2D eigenvalue weighted by Gasteiger charge is -2.28. The van der Waals surface area contributed by atoms with Crippen molar-refractivity contribution in [1.82, 2.24) is 49.3 Å². The van der Waals surface area contributed by atoms with E-state index in [1.54, 1.807) is 51.2 Å². The topological polar surface area (TPSA) is 357 Å². The summed E-state index contributed by atoms with van der Waals surface area (Å²) in [6.45, 7) is 2.16. The normalized spacial score (nSPS) is 23.6. The standard InChI is InChI=1S/C37H48N12O16P2/c1-19(2)32(51)45-36-44-31-26(34(53)46-36)42-17-48(31)24-13-21(50)22(62-24)14-61-67(57,58)65-27-23(15-60-66(55,56)59-5)63-35(28(27)64-37(54)47(4)12-11-38-3)49-18-41-25-29(39-16-40-30(25)49)43-33(52)20-9-7-6-8-10-20/h6-10,16-19,21-24,27-28,35,38,50H,11-15H2,1-5H3,(H,55,56)(H,57,58)(H,39,40,43,52)(H2,44,45,46,51,53)/t21-,22+,23+,24+,27+,28+,35+/m0/s1. The van der Waals surface area contributed by atoms with Crippen LogP contribution >= 0.6 is 15.6 Å². The molecule has 362 valence electrons. The van der Waals surface area contributed by atoms with Crippen LogP contribution in [-0.2, 0) is 46.2 Å². The third-order valence-electron chi connectivity index (χ3n) is 10.4. The summed E-state index contributed by atoms with van der Waals surface area (Å²) in [4.78, 5) is 98.0. The lowest BCUT2D eigenvalue weighted by atomic mass is 10.1. The Bertz CT molecular complexity index is 2740. The van der Waals surface area contributed by atoms with E-state index in [4.69, 9.17) is 27.8 Å². The summed E-state index contributed by atoms with van der Waals surface area (Å²) in [5, 5.41) is 19.1. The van der Waals surface area contributed by atoms with Gasteiger partial charge in [-0.05, 0) is 19.2 Å². The van der Waals surface area contributed by atoms with Crippen molar-refractivity contribution in [3.8, 4) is 0 Å². The maximum Gasteiger partial charge on any atom is 0.472 e. The van der Waals surface area contributed by atoms with Crippen LogP contribution in [0.2, 0.25) is 0 Å². The van der Waals surface area contributed by atoms with Crippen molar-refractivity contribution in [2.45, 2.75) is 63.2 Å². The number of rotatable bonds is 19. The van der Waals surface area contributed by atoms with Gasteiger partial charge in [0.2, 0.25) is 11.9 Å². The van der Waals surface area contributed by atoms with Crippen molar-refractivity contribution in [2.24, 2.45) is 5.92 Å². The van der Waals surface area contributed by atoms with E-state index in [2.05, 4.69) is 50.4 Å². The number of imidazole rings is 2. The molecule has 2 saturated heterocycles. The molecule has 2 unspecified atom stereocenters. The average Bonchev–Trinajstić information content (AvgIpc) is 4.09. The number of anilines is 2. The highest BCUT2D eigenvalue weighted by molar-refractivity contribution is 7.47. The van der Waals surface area contributed by atoms with Crippen LogP contribution in [0.1, 0.15) is 43.1 Å². The zero-order chi connectivity index (χ0) is 48.2. The minimum absolute atomic E-state index is 0.00479. The second kappa shape index (κ2) is 20.7. The zero-order valence-corrected chi connectivity index (χ0v) is 38.2. The molecule has 7 rings (SSSR count). The van der Waals surface area contributed by atoms with Crippen molar-refractivity contribution >= 4 is 67.6 Å². The van der Waals surface area contributed by atoms with E-state index < -0.39 is 101 Å². The number of nitrogens with one attached hydrogen (secondary N) is 4. The monoisotopic (exact) mass is 978 g/mol. The van der Waals surface area contributed by atoms with Gasteiger partial charge < -0.3 is 44.6 Å². The fourth-order valence-corrected chi connectivity index (χ4v) is 8.26. The molecule has 2 fully saturated rings. The summed E-state index contributed by atoms with van der Waals surface area (Å²) in [6.07, 6.45) is -7.80. The Morgan fingerprint density at radius 3 is 2.36 bits per heavy atom. The van der Waals surface area contributed by atoms with E-state index in [1.807, 2.05) is 0 Å². The first-order chi connectivity index (χ1) is 31.9. The number of carbonyl (C=O) groups excluding carboxylic acids is 3. The molecule has 4 aromatic heterocycles. The van der Waals surface area contributed by atoms with Crippen LogP contribution in [-0.4, -0.2) is 155 Å². The van der Waals surface area contributed by atoms with Crippen molar-refractivity contribution in [2.75, 3.05) is 58.1 Å². The average molecular weight is 979 g/mol. The molecular weight excluding hydrogens is 930 g/mol. The second-order valence-corrected chi connectivity index (χ2v) is 18.4. The van der Waals surface area contributed by atoms with Gasteiger partial charge in [-0.1, -0.05) is 32.0 Å². The zero-order valence-electron chi connectivity index (χ0n) is 36.4. The summed E-state index contributed by atoms with van der Waals surface area (Å²) >= 11 is 0. The number of aliphatic hydroxyl groups is 1. The fraction of sp³-hybridized carbons (Fsp3) is 0.486. The number of phosphoric acid groups is 2. The van der Waals surface area contributed by atoms with Crippen molar-refractivity contribution < 1.29 is 70.7 Å². The summed E-state index contributed by atoms with van der Waals surface area (Å²) < 4.78 is 67.8. The Morgan fingerprint density at radius 1 is 0.940 bits per heavy atom. The quantitative estimate of drug-likeness (QED) is 0.0573. The maximum atomic E-state index is 13.9. The highest BCUT2D eigenvalue weighted by Crippen LogP contribution is 2.51. The fourth-order valence-electron chi connectivity index (χ4n) is 6.86. The first-order valence-corrected chi connectivity index (χ1v) is 23.4. The van der Waals surface area contributed by atoms with Crippen LogP contribution in [0, 0.1) is 5.92 Å². The van der Waals surface area contributed by atoms with E-state index >= 15 is 0 Å². The Morgan fingerprint density at radius 2 is 1.64 bits per heavy atom. The third-order valence-corrected chi connectivity index (χ3v) is 12.4. The third kappa shape index (κ3) is 11.4. The number of H-pyrrole nitrogens is 1. The molecule has 0 bridgehead atoms. The lowest BCUT2D eigenvalue weighted by Crippen LogP contribution is -2.42. The number of aromatic amines is 1. The van der Waals surface area contributed by atoms with Gasteiger partial charge in [0.1, 0.15) is 30.9 Å². The van der Waals surface area contributed by atoms with E-state index in [0.29, 0.717) is 12.1 Å². The molecule has 0 aliphatic carbocycles. The number of hydrogen-bond acceptors (Lipinski definition) is 20. The summed E-state index contributed by atoms with van der Waals surface area (Å²) in [7, 11) is -6.07. The molecule has 30 heteroatoms. The van der Waals surface area contributed by atoms with Gasteiger partial charge in [0, 0.05) is 45.1 Å². The maximum absolute atomic E-state index is 13.9. The predicted octanol–water partition coefficient (Wildman–Crippen LogP) is 1.27. The molecule has 0 radical (unpaired) electrons. The van der Waals surface area contributed by atoms with E-state index in [1.165, 1.54) is 33.7 Å². The largest absolute Gasteiger partial charge is 0.472 e. The number of nitrogens with zero attached hydrogens (tertiary/aromatic N) is 8. The van der Waals surface area contributed by atoms with Crippen molar-refractivity contribution in [3.63, 3.8) is 0 Å². The van der Waals surface area contributed by atoms with Crippen LogP contribution in [0.15, 0.2) is 54.1 Å². The summed E-state index contributed by atoms with van der Waals surface area (Å²) in [6, 6.07) is 8.26. The molecule has 5 aromatic rings. The van der Waals surface area contributed by atoms with Crippen molar-refractivity contribution in [1.29, 1.82) is 0 Å². The summed E-state index contributed by atoms with van der Waals surface area (Å²) in [5.74, 6) is -1.52. The van der Waals surface area contributed by atoms with Crippen LogP contribution in [0.4, 0.5) is 16.6 Å². The van der Waals surface area contributed by atoms with Gasteiger partial charge in [0.05, 0.1) is 32.0 Å². The molecular formula is C37H48N12O16P2. The van der Waals surface area contributed by atoms with E-state index in [-0.39, 0.29) is 47.1 Å².